The molecular formula is C20H29N3O2S. The number of benzene rings is 1. The molecule has 0 fully saturated rings. The quantitative estimate of drug-likeness (QED) is 0.377. The normalized spacial score (nSPS) is 11.4. The Morgan fingerprint density at radius 2 is 1.92 bits per heavy atom. The Balaban J connectivity index is 1.63. The Labute approximate surface area is 160 Å². The average molecular weight is 376 g/mol. The summed E-state index contributed by atoms with van der Waals surface area (Å²) < 4.78 is 10.9. The van der Waals surface area contributed by atoms with Crippen molar-refractivity contribution in [2.45, 2.75) is 33.4 Å². The first-order valence-electron chi connectivity index (χ1n) is 8.99. The van der Waals surface area contributed by atoms with Crippen LogP contribution >= 0.6 is 11.3 Å². The van der Waals surface area contributed by atoms with Gasteiger partial charge < -0.3 is 20.1 Å². The minimum absolute atomic E-state index is 0.621. The Kier molecular flexibility index (Phi) is 9.00. The highest BCUT2D eigenvalue weighted by molar-refractivity contribution is 7.11. The van der Waals surface area contributed by atoms with Crippen molar-refractivity contribution in [3.05, 3.63) is 51.7 Å². The minimum Gasteiger partial charge on any atom is -0.497 e. The summed E-state index contributed by atoms with van der Waals surface area (Å²) in [5, 5.41) is 6.64. The molecule has 0 unspecified atom stereocenters. The maximum atomic E-state index is 5.73. The third kappa shape index (κ3) is 7.45. The highest BCUT2D eigenvalue weighted by atomic mass is 32.1. The molecule has 26 heavy (non-hydrogen) atoms. The molecule has 2 aromatic rings. The van der Waals surface area contributed by atoms with E-state index in [1.54, 1.807) is 18.4 Å². The van der Waals surface area contributed by atoms with Crippen LogP contribution < -0.4 is 15.4 Å². The number of methoxy groups -OCH3 is 1. The standard InChI is InChI=1S/C20H29N3O2S/c1-4-21-20(23-14-19-11-6-16(2)26-19)22-12-5-13-25-15-17-7-9-18(24-3)10-8-17/h6-11H,4-5,12-15H2,1-3H3,(H2,21,22,23). The molecule has 0 aliphatic heterocycles. The molecule has 0 aliphatic carbocycles. The van der Waals surface area contributed by atoms with Gasteiger partial charge in [0, 0.05) is 29.5 Å². The first-order valence-corrected chi connectivity index (χ1v) is 9.81. The SMILES string of the molecule is CCNC(=NCc1ccc(C)s1)NCCCOCc1ccc(OC)cc1. The first-order chi connectivity index (χ1) is 12.7. The largest absolute Gasteiger partial charge is 0.497 e. The summed E-state index contributed by atoms with van der Waals surface area (Å²) in [4.78, 5) is 7.23. The van der Waals surface area contributed by atoms with Crippen LogP contribution in [0.2, 0.25) is 0 Å². The Morgan fingerprint density at radius 3 is 2.58 bits per heavy atom. The van der Waals surface area contributed by atoms with Crippen LogP contribution in [-0.2, 0) is 17.9 Å². The molecule has 0 bridgehead atoms. The first kappa shape index (κ1) is 20.3. The van der Waals surface area contributed by atoms with Crippen molar-refractivity contribution in [2.24, 2.45) is 4.99 Å². The number of hydrogen-bond donors (Lipinski definition) is 2. The zero-order valence-corrected chi connectivity index (χ0v) is 16.7. The van der Waals surface area contributed by atoms with Crippen LogP contribution in [0.1, 0.15) is 28.7 Å². The van der Waals surface area contributed by atoms with E-state index >= 15 is 0 Å². The summed E-state index contributed by atoms with van der Waals surface area (Å²) in [7, 11) is 1.67. The van der Waals surface area contributed by atoms with Crippen molar-refractivity contribution < 1.29 is 9.47 Å². The van der Waals surface area contributed by atoms with E-state index in [0.717, 1.165) is 36.8 Å². The second-order valence-electron chi connectivity index (χ2n) is 5.89. The van der Waals surface area contributed by atoms with E-state index < -0.39 is 0 Å². The monoisotopic (exact) mass is 375 g/mol. The minimum atomic E-state index is 0.621. The van der Waals surface area contributed by atoms with Gasteiger partial charge in [-0.25, -0.2) is 4.99 Å². The predicted molar refractivity (Wildman–Crippen MR) is 109 cm³/mol. The van der Waals surface area contributed by atoms with Crippen LogP contribution in [0.3, 0.4) is 0 Å². The molecule has 0 spiro atoms. The lowest BCUT2D eigenvalue weighted by molar-refractivity contribution is 0.119. The smallest absolute Gasteiger partial charge is 0.191 e. The summed E-state index contributed by atoms with van der Waals surface area (Å²) in [5.74, 6) is 1.72. The fraction of sp³-hybridized carbons (Fsp3) is 0.450. The summed E-state index contributed by atoms with van der Waals surface area (Å²) in [6, 6.07) is 12.2. The predicted octanol–water partition coefficient (Wildman–Crippen LogP) is 3.73. The molecule has 2 rings (SSSR count). The highest BCUT2D eigenvalue weighted by Crippen LogP contribution is 2.15. The van der Waals surface area contributed by atoms with E-state index in [2.05, 4.69) is 41.6 Å². The topological polar surface area (TPSA) is 54.9 Å². The van der Waals surface area contributed by atoms with Crippen molar-refractivity contribution in [2.75, 3.05) is 26.8 Å². The number of ether oxygens (including phenoxy) is 2. The lowest BCUT2D eigenvalue weighted by Gasteiger charge is -2.11. The molecule has 1 aromatic carbocycles. The summed E-state index contributed by atoms with van der Waals surface area (Å²) in [5.41, 5.74) is 1.15. The van der Waals surface area contributed by atoms with Crippen molar-refractivity contribution in [3.8, 4) is 5.75 Å². The van der Waals surface area contributed by atoms with Gasteiger partial charge in [0.25, 0.3) is 0 Å². The third-order valence-electron chi connectivity index (χ3n) is 3.72. The van der Waals surface area contributed by atoms with Gasteiger partial charge in [-0.2, -0.15) is 0 Å². The molecule has 0 saturated carbocycles. The molecule has 2 N–H and O–H groups in total. The zero-order chi connectivity index (χ0) is 18.6. The lowest BCUT2D eigenvalue weighted by atomic mass is 10.2. The van der Waals surface area contributed by atoms with Gasteiger partial charge in [0.05, 0.1) is 20.3 Å². The number of rotatable bonds is 10. The van der Waals surface area contributed by atoms with Gasteiger partial charge >= 0.3 is 0 Å². The van der Waals surface area contributed by atoms with Crippen molar-refractivity contribution in [1.82, 2.24) is 10.6 Å². The van der Waals surface area contributed by atoms with E-state index in [4.69, 9.17) is 9.47 Å². The highest BCUT2D eigenvalue weighted by Gasteiger charge is 2.00. The summed E-state index contributed by atoms with van der Waals surface area (Å²) in [6.07, 6.45) is 0.929. The van der Waals surface area contributed by atoms with Crippen LogP contribution in [0.5, 0.6) is 5.75 Å². The molecule has 1 aromatic heterocycles. The van der Waals surface area contributed by atoms with E-state index in [-0.39, 0.29) is 0 Å². The molecule has 0 amide bonds. The number of aliphatic imine (C=N–C) groups is 1. The van der Waals surface area contributed by atoms with Crippen molar-refractivity contribution in [1.29, 1.82) is 0 Å². The summed E-state index contributed by atoms with van der Waals surface area (Å²) in [6.45, 7) is 7.92. The van der Waals surface area contributed by atoms with Gasteiger partial charge in [-0.1, -0.05) is 12.1 Å². The van der Waals surface area contributed by atoms with Gasteiger partial charge in [-0.15, -0.1) is 11.3 Å². The average Bonchev–Trinajstić information content (AvgIpc) is 3.08. The molecule has 0 aliphatic rings. The maximum absolute atomic E-state index is 5.73. The molecular weight excluding hydrogens is 346 g/mol. The van der Waals surface area contributed by atoms with E-state index in [0.29, 0.717) is 19.8 Å². The van der Waals surface area contributed by atoms with Crippen molar-refractivity contribution >= 4 is 17.3 Å². The summed E-state index contributed by atoms with van der Waals surface area (Å²) >= 11 is 1.79. The zero-order valence-electron chi connectivity index (χ0n) is 15.9. The van der Waals surface area contributed by atoms with Crippen molar-refractivity contribution in [3.63, 3.8) is 0 Å². The third-order valence-corrected chi connectivity index (χ3v) is 4.70. The Hall–Kier alpha value is -2.05. The molecule has 6 heteroatoms. The fourth-order valence-electron chi connectivity index (χ4n) is 2.36. The van der Waals surface area contributed by atoms with Gasteiger partial charge in [-0.3, -0.25) is 0 Å². The molecule has 0 saturated heterocycles. The number of nitrogens with one attached hydrogen (secondary N) is 2. The van der Waals surface area contributed by atoms with E-state index in [9.17, 15) is 0 Å². The van der Waals surface area contributed by atoms with Gasteiger partial charge in [-0.05, 0) is 50.1 Å². The van der Waals surface area contributed by atoms with Crippen LogP contribution in [0.15, 0.2) is 41.4 Å². The molecule has 142 valence electrons. The molecule has 0 atom stereocenters. The van der Waals surface area contributed by atoms with E-state index in [1.165, 1.54) is 9.75 Å². The van der Waals surface area contributed by atoms with E-state index in [1.807, 2.05) is 24.3 Å². The number of nitrogens with zero attached hydrogens (tertiary/aromatic N) is 1. The second kappa shape index (κ2) is 11.5. The van der Waals surface area contributed by atoms with Gasteiger partial charge in [0.15, 0.2) is 5.96 Å². The molecule has 5 nitrogen and oxygen atoms in total. The van der Waals surface area contributed by atoms with Gasteiger partial charge in [0.1, 0.15) is 5.75 Å². The molecule has 0 radical (unpaired) electrons. The number of hydrogen-bond acceptors (Lipinski definition) is 4. The Bertz CT molecular complexity index is 668. The Morgan fingerprint density at radius 1 is 1.12 bits per heavy atom. The van der Waals surface area contributed by atoms with Crippen LogP contribution in [-0.4, -0.2) is 32.8 Å². The number of thiophene rings is 1. The van der Waals surface area contributed by atoms with Crippen LogP contribution in [0, 0.1) is 6.92 Å². The number of aryl methyl sites for hydroxylation is 1. The maximum Gasteiger partial charge on any atom is 0.191 e. The molecule has 1 heterocycles. The van der Waals surface area contributed by atoms with Crippen LogP contribution in [0.4, 0.5) is 0 Å². The van der Waals surface area contributed by atoms with Crippen LogP contribution in [0.25, 0.3) is 0 Å². The van der Waals surface area contributed by atoms with Gasteiger partial charge in [0.2, 0.25) is 0 Å². The lowest BCUT2D eigenvalue weighted by Crippen LogP contribution is -2.38. The fourth-order valence-corrected chi connectivity index (χ4v) is 3.18. The number of guanidine groups is 1. The second-order valence-corrected chi connectivity index (χ2v) is 7.26.